The molecule has 2 fully saturated rings. The number of nitrogens with zero attached hydrogens (tertiary/aromatic N) is 3. The second-order valence-corrected chi connectivity index (χ2v) is 7.88. The number of carbonyl (C=O) groups excluding carboxylic acids is 1. The molecule has 1 spiro atoms. The van der Waals surface area contributed by atoms with Crippen molar-refractivity contribution in [3.05, 3.63) is 21.0 Å². The first-order valence-electron chi connectivity index (χ1n) is 8.15. The van der Waals surface area contributed by atoms with Crippen LogP contribution in [-0.4, -0.2) is 53.0 Å². The van der Waals surface area contributed by atoms with Crippen LogP contribution in [0.25, 0.3) is 0 Å². The average molecular weight is 401 g/mol. The number of H-pyrrole nitrogens is 1. The van der Waals surface area contributed by atoms with Crippen molar-refractivity contribution in [3.63, 3.8) is 0 Å². The lowest BCUT2D eigenvalue weighted by Crippen LogP contribution is -2.73. The number of carbonyl (C=O) groups is 1. The maximum atomic E-state index is 11.9. The molecule has 0 saturated carbocycles. The van der Waals surface area contributed by atoms with Crippen LogP contribution in [0, 0.1) is 5.41 Å². The van der Waals surface area contributed by atoms with Gasteiger partial charge in [0.2, 0.25) is 0 Å². The Morgan fingerprint density at radius 3 is 2.42 bits per heavy atom. The Kier molecular flexibility index (Phi) is 5.27. The lowest BCUT2D eigenvalue weighted by molar-refractivity contribution is -0.0453. The molecule has 2 aliphatic rings. The van der Waals surface area contributed by atoms with E-state index < -0.39 is 5.60 Å². The number of hydrogen-bond donors (Lipinski definition) is 1. The van der Waals surface area contributed by atoms with Crippen LogP contribution in [0.4, 0.5) is 10.5 Å². The highest BCUT2D eigenvalue weighted by atomic mass is 79.9. The predicted octanol–water partition coefficient (Wildman–Crippen LogP) is 2.62. The predicted molar refractivity (Wildman–Crippen MR) is 96.4 cm³/mol. The first-order chi connectivity index (χ1) is 11.2. The van der Waals surface area contributed by atoms with Crippen LogP contribution in [0.2, 0.25) is 0 Å². The lowest BCUT2D eigenvalue weighted by Gasteiger charge is -2.60. The number of hydrogen-bond acceptors (Lipinski definition) is 5. The van der Waals surface area contributed by atoms with E-state index in [-0.39, 0.29) is 17.1 Å². The van der Waals surface area contributed by atoms with Gasteiger partial charge in [-0.1, -0.05) is 13.8 Å². The maximum absolute atomic E-state index is 11.9. The highest BCUT2D eigenvalue weighted by Crippen LogP contribution is 2.43. The molecule has 0 unspecified atom stereocenters. The zero-order chi connectivity index (χ0) is 18.1. The molecule has 0 aliphatic carbocycles. The van der Waals surface area contributed by atoms with Crippen LogP contribution in [-0.2, 0) is 4.74 Å². The number of aromatic amines is 1. The molecule has 3 rings (SSSR count). The normalized spacial score (nSPS) is 18.2. The summed E-state index contributed by atoms with van der Waals surface area (Å²) in [5.41, 5.74) is 0.221. The lowest BCUT2D eigenvalue weighted by atomic mass is 9.73. The highest BCUT2D eigenvalue weighted by Gasteiger charge is 2.54. The average Bonchev–Trinajstić information content (AvgIpc) is 2.40. The molecular formula is C16H25BrN4O3. The van der Waals surface area contributed by atoms with E-state index in [1.54, 1.807) is 11.1 Å². The molecule has 1 aromatic heterocycles. The first kappa shape index (κ1) is 18.8. The highest BCUT2D eigenvalue weighted by molar-refractivity contribution is 9.10. The third kappa shape index (κ3) is 3.74. The Morgan fingerprint density at radius 2 is 1.88 bits per heavy atom. The van der Waals surface area contributed by atoms with Gasteiger partial charge in [0.1, 0.15) is 10.1 Å². The molecule has 2 aliphatic heterocycles. The van der Waals surface area contributed by atoms with Gasteiger partial charge >= 0.3 is 6.09 Å². The number of ether oxygens (including phenoxy) is 1. The van der Waals surface area contributed by atoms with Gasteiger partial charge in [0.15, 0.2) is 0 Å². The van der Waals surface area contributed by atoms with Gasteiger partial charge in [0, 0.05) is 31.6 Å². The quantitative estimate of drug-likeness (QED) is 0.783. The molecule has 7 nitrogen and oxygen atoms in total. The minimum Gasteiger partial charge on any atom is -0.444 e. The van der Waals surface area contributed by atoms with Crippen LogP contribution >= 0.6 is 15.9 Å². The van der Waals surface area contributed by atoms with Crippen molar-refractivity contribution in [1.82, 2.24) is 15.1 Å². The molecule has 1 amide bonds. The van der Waals surface area contributed by atoms with Gasteiger partial charge in [-0.2, -0.15) is 5.10 Å². The van der Waals surface area contributed by atoms with Gasteiger partial charge in [0.25, 0.3) is 5.56 Å². The van der Waals surface area contributed by atoms with Gasteiger partial charge in [0.05, 0.1) is 11.9 Å². The second-order valence-electron chi connectivity index (χ2n) is 7.09. The first-order valence-corrected chi connectivity index (χ1v) is 8.95. The standard InChI is InChI=1S/C14H19BrN4O3.C2H6/c1-13(2,3)22-12(21)19-7-14(8-19)5-18(6-14)9-4-16-17-11(20)10(9)15;1-2/h4H,5-8H2,1-3H3,(H,17,20);1-2H3. The molecule has 0 aromatic carbocycles. The van der Waals surface area contributed by atoms with Crippen molar-refractivity contribution < 1.29 is 9.53 Å². The monoisotopic (exact) mass is 400 g/mol. The van der Waals surface area contributed by atoms with Gasteiger partial charge in [-0.25, -0.2) is 9.89 Å². The molecule has 1 N–H and O–H groups in total. The topological polar surface area (TPSA) is 78.5 Å². The molecule has 8 heteroatoms. The van der Waals surface area contributed by atoms with Crippen LogP contribution < -0.4 is 10.5 Å². The van der Waals surface area contributed by atoms with E-state index in [1.807, 2.05) is 34.6 Å². The fourth-order valence-electron chi connectivity index (χ4n) is 2.95. The molecule has 1 aromatic rings. The maximum Gasteiger partial charge on any atom is 0.410 e. The summed E-state index contributed by atoms with van der Waals surface area (Å²) in [7, 11) is 0. The summed E-state index contributed by atoms with van der Waals surface area (Å²) in [6, 6.07) is 0. The smallest absolute Gasteiger partial charge is 0.410 e. The summed E-state index contributed by atoms with van der Waals surface area (Å²) in [5.74, 6) is 0. The largest absolute Gasteiger partial charge is 0.444 e. The fourth-order valence-corrected chi connectivity index (χ4v) is 3.39. The summed E-state index contributed by atoms with van der Waals surface area (Å²) in [4.78, 5) is 27.3. The summed E-state index contributed by atoms with van der Waals surface area (Å²) < 4.78 is 5.86. The van der Waals surface area contributed by atoms with Gasteiger partial charge < -0.3 is 14.5 Å². The van der Waals surface area contributed by atoms with Crippen LogP contribution in [0.15, 0.2) is 15.5 Å². The number of anilines is 1. The van der Waals surface area contributed by atoms with Gasteiger partial charge in [-0.3, -0.25) is 4.79 Å². The van der Waals surface area contributed by atoms with E-state index in [1.165, 1.54) is 0 Å². The minimum atomic E-state index is -0.465. The molecule has 24 heavy (non-hydrogen) atoms. The van der Waals surface area contributed by atoms with E-state index in [4.69, 9.17) is 4.74 Å². The van der Waals surface area contributed by atoms with Crippen molar-refractivity contribution in [2.24, 2.45) is 5.41 Å². The minimum absolute atomic E-state index is 0.124. The van der Waals surface area contributed by atoms with Crippen molar-refractivity contribution >= 4 is 27.7 Å². The van der Waals surface area contributed by atoms with Gasteiger partial charge in [-0.05, 0) is 36.7 Å². The SMILES string of the molecule is CC.CC(C)(C)OC(=O)N1CC2(C1)CN(c1cn[nH]c(=O)c1Br)C2. The molecule has 0 radical (unpaired) electrons. The van der Waals surface area contributed by atoms with E-state index in [9.17, 15) is 9.59 Å². The molecule has 3 heterocycles. The van der Waals surface area contributed by atoms with Crippen LogP contribution in [0.5, 0.6) is 0 Å². The van der Waals surface area contributed by atoms with Crippen LogP contribution in [0.1, 0.15) is 34.6 Å². The van der Waals surface area contributed by atoms with E-state index in [0.29, 0.717) is 17.6 Å². The summed E-state index contributed by atoms with van der Waals surface area (Å²) in [6.07, 6.45) is 1.39. The Hall–Kier alpha value is -1.57. The molecular weight excluding hydrogens is 376 g/mol. The number of likely N-dealkylation sites (tertiary alicyclic amines) is 1. The summed E-state index contributed by atoms with van der Waals surface area (Å²) in [5, 5.41) is 6.22. The summed E-state index contributed by atoms with van der Waals surface area (Å²) >= 11 is 3.29. The fraction of sp³-hybridized carbons (Fsp3) is 0.688. The van der Waals surface area contributed by atoms with Gasteiger partial charge in [-0.15, -0.1) is 0 Å². The Bertz CT molecular complexity index is 654. The van der Waals surface area contributed by atoms with E-state index in [0.717, 1.165) is 18.8 Å². The van der Waals surface area contributed by atoms with E-state index in [2.05, 4.69) is 31.0 Å². The van der Waals surface area contributed by atoms with E-state index >= 15 is 0 Å². The summed E-state index contributed by atoms with van der Waals surface area (Å²) in [6.45, 7) is 12.6. The third-order valence-corrected chi connectivity index (χ3v) is 4.64. The number of nitrogens with one attached hydrogen (secondary N) is 1. The Balaban J connectivity index is 0.00000100. The second kappa shape index (κ2) is 6.74. The van der Waals surface area contributed by atoms with Crippen LogP contribution in [0.3, 0.4) is 0 Å². The number of halogens is 1. The van der Waals surface area contributed by atoms with Crippen molar-refractivity contribution in [2.75, 3.05) is 31.1 Å². The molecule has 0 atom stereocenters. The molecule has 2 saturated heterocycles. The zero-order valence-corrected chi connectivity index (χ0v) is 16.4. The van der Waals surface area contributed by atoms with Crippen molar-refractivity contribution in [1.29, 1.82) is 0 Å². The molecule has 134 valence electrons. The number of aromatic nitrogens is 2. The third-order valence-electron chi connectivity index (χ3n) is 3.87. The number of amides is 1. The number of rotatable bonds is 1. The molecule has 0 bridgehead atoms. The van der Waals surface area contributed by atoms with Crippen molar-refractivity contribution in [3.8, 4) is 0 Å². The Labute approximate surface area is 150 Å². The van der Waals surface area contributed by atoms with Crippen molar-refractivity contribution in [2.45, 2.75) is 40.2 Å². The zero-order valence-electron chi connectivity index (χ0n) is 14.9. The Morgan fingerprint density at radius 1 is 1.29 bits per heavy atom.